The van der Waals surface area contributed by atoms with E-state index in [1.165, 1.54) is 11.3 Å². The molecule has 1 N–H and O–H groups in total. The number of hydrogen-bond donors (Lipinski definition) is 1. The van der Waals surface area contributed by atoms with Crippen LogP contribution in [0.1, 0.15) is 46.1 Å². The molecule has 4 nitrogen and oxygen atoms in total. The lowest BCUT2D eigenvalue weighted by molar-refractivity contribution is 0.0974. The maximum atomic E-state index is 12.2. The van der Waals surface area contributed by atoms with E-state index in [-0.39, 0.29) is 11.6 Å². The molecule has 1 aliphatic rings. The Morgan fingerprint density at radius 2 is 2.17 bits per heavy atom. The van der Waals surface area contributed by atoms with E-state index in [4.69, 9.17) is 0 Å². The van der Waals surface area contributed by atoms with Crippen molar-refractivity contribution in [2.24, 2.45) is 0 Å². The highest BCUT2D eigenvalue weighted by Gasteiger charge is 2.24. The van der Waals surface area contributed by atoms with E-state index >= 15 is 0 Å². The summed E-state index contributed by atoms with van der Waals surface area (Å²) in [7, 11) is 0. The third-order valence-corrected chi connectivity index (χ3v) is 4.17. The van der Waals surface area contributed by atoms with Gasteiger partial charge >= 0.3 is 0 Å². The maximum absolute atomic E-state index is 12.2. The number of hydrogen-bond acceptors (Lipinski definition) is 4. The number of nitrogens with zero attached hydrogens (tertiary/aromatic N) is 2. The van der Waals surface area contributed by atoms with Gasteiger partial charge in [0.05, 0.1) is 16.3 Å². The van der Waals surface area contributed by atoms with Crippen molar-refractivity contribution in [2.75, 3.05) is 0 Å². The molecule has 0 fully saturated rings. The zero-order valence-corrected chi connectivity index (χ0v) is 10.7. The number of aryl methyl sites for hydroxylation is 1. The van der Waals surface area contributed by atoms with E-state index in [0.717, 1.165) is 48.2 Å². The number of aromatic nitrogens is 2. The third kappa shape index (κ3) is 1.84. The normalized spacial score (nSPS) is 15.1. The van der Waals surface area contributed by atoms with Crippen molar-refractivity contribution in [3.63, 3.8) is 0 Å². The van der Waals surface area contributed by atoms with Crippen LogP contribution >= 0.6 is 11.3 Å². The van der Waals surface area contributed by atoms with E-state index in [1.807, 2.05) is 11.4 Å². The Morgan fingerprint density at radius 1 is 1.33 bits per heavy atom. The molecule has 18 heavy (non-hydrogen) atoms. The standard InChI is InChI=1S/C13H14N2O2S/c16-12(11-7-4-8-18-11)13-14-9-5-2-1-3-6-10(9)15(13)17/h4,7-8,17H,1-3,5-6H2. The summed E-state index contributed by atoms with van der Waals surface area (Å²) in [5.74, 6) is -0.0371. The predicted octanol–water partition coefficient (Wildman–Crippen LogP) is 2.68. The summed E-state index contributed by atoms with van der Waals surface area (Å²) in [5.41, 5.74) is 1.70. The zero-order valence-electron chi connectivity index (χ0n) is 9.93. The molecule has 0 radical (unpaired) electrons. The number of carbonyl (C=O) groups excluding carboxylic acids is 1. The van der Waals surface area contributed by atoms with Gasteiger partial charge in [-0.3, -0.25) is 4.79 Å². The molecule has 0 saturated carbocycles. The Kier molecular flexibility index (Phi) is 2.91. The summed E-state index contributed by atoms with van der Waals surface area (Å²) >= 11 is 1.37. The molecule has 0 spiro atoms. The lowest BCUT2D eigenvalue weighted by atomic mass is 10.2. The highest BCUT2D eigenvalue weighted by atomic mass is 32.1. The molecular formula is C13H14N2O2S. The van der Waals surface area contributed by atoms with Crippen LogP contribution < -0.4 is 0 Å². The van der Waals surface area contributed by atoms with Gasteiger partial charge in [-0.05, 0) is 37.1 Å². The van der Waals surface area contributed by atoms with Gasteiger partial charge < -0.3 is 5.21 Å². The lowest BCUT2D eigenvalue weighted by Crippen LogP contribution is -2.10. The summed E-state index contributed by atoms with van der Waals surface area (Å²) in [6, 6.07) is 3.58. The molecular weight excluding hydrogens is 248 g/mol. The molecule has 0 atom stereocenters. The minimum absolute atomic E-state index is 0.157. The van der Waals surface area contributed by atoms with Crippen molar-refractivity contribution in [3.8, 4) is 0 Å². The van der Waals surface area contributed by atoms with E-state index in [1.54, 1.807) is 6.07 Å². The molecule has 2 heterocycles. The van der Waals surface area contributed by atoms with E-state index in [2.05, 4.69) is 4.98 Å². The monoisotopic (exact) mass is 262 g/mol. The molecule has 94 valence electrons. The first kappa shape index (κ1) is 11.5. The number of ketones is 1. The molecule has 0 saturated heterocycles. The summed E-state index contributed by atoms with van der Waals surface area (Å²) < 4.78 is 1.00. The predicted molar refractivity (Wildman–Crippen MR) is 68.4 cm³/mol. The van der Waals surface area contributed by atoms with Crippen LogP contribution in [0, 0.1) is 0 Å². The van der Waals surface area contributed by atoms with Crippen LogP contribution in [0.3, 0.4) is 0 Å². The molecule has 3 rings (SSSR count). The SMILES string of the molecule is O=C(c1cccs1)c1nc2c(n1O)CCCCC2. The molecule has 5 heteroatoms. The molecule has 0 aliphatic heterocycles. The highest BCUT2D eigenvalue weighted by Crippen LogP contribution is 2.22. The summed E-state index contributed by atoms with van der Waals surface area (Å²) in [6.45, 7) is 0. The maximum Gasteiger partial charge on any atom is 0.241 e. The van der Waals surface area contributed by atoms with Gasteiger partial charge in [0, 0.05) is 0 Å². The van der Waals surface area contributed by atoms with Crippen LogP contribution in [-0.4, -0.2) is 20.7 Å². The Morgan fingerprint density at radius 3 is 2.94 bits per heavy atom. The minimum atomic E-state index is -0.194. The number of imidazole rings is 1. The van der Waals surface area contributed by atoms with Crippen LogP contribution in [0.2, 0.25) is 0 Å². The largest absolute Gasteiger partial charge is 0.426 e. The molecule has 0 unspecified atom stereocenters. The quantitative estimate of drug-likeness (QED) is 0.514. The number of fused-ring (bicyclic) bond motifs is 1. The Labute approximate surface area is 109 Å². The summed E-state index contributed by atoms with van der Waals surface area (Å²) in [4.78, 5) is 17.2. The Hall–Kier alpha value is -1.62. The van der Waals surface area contributed by atoms with E-state index in [0.29, 0.717) is 4.88 Å². The van der Waals surface area contributed by atoms with Gasteiger partial charge in [-0.15, -0.1) is 11.3 Å². The van der Waals surface area contributed by atoms with Gasteiger partial charge in [-0.25, -0.2) is 4.98 Å². The van der Waals surface area contributed by atoms with Gasteiger partial charge in [0.15, 0.2) is 0 Å². The second kappa shape index (κ2) is 4.57. The van der Waals surface area contributed by atoms with Crippen LogP contribution in [0.4, 0.5) is 0 Å². The summed E-state index contributed by atoms with van der Waals surface area (Å²) in [6.07, 6.45) is 4.94. The van der Waals surface area contributed by atoms with E-state index < -0.39 is 0 Å². The van der Waals surface area contributed by atoms with Crippen molar-refractivity contribution in [1.82, 2.24) is 9.71 Å². The minimum Gasteiger partial charge on any atom is -0.426 e. The van der Waals surface area contributed by atoms with Crippen molar-refractivity contribution in [1.29, 1.82) is 0 Å². The first-order chi connectivity index (χ1) is 8.77. The van der Waals surface area contributed by atoms with Gasteiger partial charge in [-0.1, -0.05) is 12.5 Å². The van der Waals surface area contributed by atoms with Gasteiger partial charge in [0.2, 0.25) is 11.6 Å². The summed E-state index contributed by atoms with van der Waals surface area (Å²) in [5, 5.41) is 12.0. The highest BCUT2D eigenvalue weighted by molar-refractivity contribution is 7.12. The number of rotatable bonds is 2. The zero-order chi connectivity index (χ0) is 12.5. The fourth-order valence-electron chi connectivity index (χ4n) is 2.37. The van der Waals surface area contributed by atoms with Crippen LogP contribution in [0.15, 0.2) is 17.5 Å². The lowest BCUT2D eigenvalue weighted by Gasteiger charge is -2.01. The molecule has 0 amide bonds. The Bertz CT molecular complexity index is 572. The second-order valence-electron chi connectivity index (χ2n) is 4.51. The van der Waals surface area contributed by atoms with Gasteiger partial charge in [-0.2, -0.15) is 4.73 Å². The molecule has 2 aromatic rings. The van der Waals surface area contributed by atoms with Crippen LogP contribution in [-0.2, 0) is 12.8 Å². The van der Waals surface area contributed by atoms with Crippen LogP contribution in [0.5, 0.6) is 0 Å². The van der Waals surface area contributed by atoms with Gasteiger partial charge in [0.1, 0.15) is 0 Å². The average molecular weight is 262 g/mol. The van der Waals surface area contributed by atoms with Crippen LogP contribution in [0.25, 0.3) is 0 Å². The van der Waals surface area contributed by atoms with Crippen molar-refractivity contribution in [2.45, 2.75) is 32.1 Å². The molecule has 2 aromatic heterocycles. The fraction of sp³-hybridized carbons (Fsp3) is 0.385. The number of carbonyl (C=O) groups is 1. The topological polar surface area (TPSA) is 55.1 Å². The first-order valence-corrected chi connectivity index (χ1v) is 7.03. The van der Waals surface area contributed by atoms with Crippen molar-refractivity contribution >= 4 is 17.1 Å². The first-order valence-electron chi connectivity index (χ1n) is 6.15. The molecule has 0 aromatic carbocycles. The smallest absolute Gasteiger partial charge is 0.241 e. The Balaban J connectivity index is 2.01. The molecule has 0 bridgehead atoms. The third-order valence-electron chi connectivity index (χ3n) is 3.31. The van der Waals surface area contributed by atoms with Crippen molar-refractivity contribution < 1.29 is 10.0 Å². The van der Waals surface area contributed by atoms with E-state index in [9.17, 15) is 10.0 Å². The average Bonchev–Trinajstić information content (AvgIpc) is 2.93. The van der Waals surface area contributed by atoms with Crippen molar-refractivity contribution in [3.05, 3.63) is 39.6 Å². The molecule has 1 aliphatic carbocycles. The second-order valence-corrected chi connectivity index (χ2v) is 5.46. The van der Waals surface area contributed by atoms with Gasteiger partial charge in [0.25, 0.3) is 0 Å². The fourth-order valence-corrected chi connectivity index (χ4v) is 3.03. The number of thiophene rings is 1.